The van der Waals surface area contributed by atoms with Gasteiger partial charge in [0.2, 0.25) is 0 Å². The molecule has 0 atom stereocenters. The molecule has 3 aromatic carbocycles. The van der Waals surface area contributed by atoms with Crippen molar-refractivity contribution < 1.29 is 24.2 Å². The average Bonchev–Trinajstić information content (AvgIpc) is 2.97. The van der Waals surface area contributed by atoms with E-state index in [9.17, 15) is 19.5 Å². The van der Waals surface area contributed by atoms with E-state index in [0.717, 1.165) is 16.7 Å². The molecule has 0 aliphatic carbocycles. The van der Waals surface area contributed by atoms with Gasteiger partial charge in [-0.3, -0.25) is 9.59 Å². The van der Waals surface area contributed by atoms with Crippen LogP contribution in [-0.4, -0.2) is 29.3 Å². The number of carbonyl (C=O) groups excluding carboxylic acids is 3. The molecule has 0 unspecified atom stereocenters. The molecule has 29 heavy (non-hydrogen) atoms. The maximum atomic E-state index is 13.3. The van der Waals surface area contributed by atoms with E-state index < -0.39 is 11.8 Å². The fraction of sp³-hybridized carbons (Fsp3) is 0.174. The van der Waals surface area contributed by atoms with Gasteiger partial charge >= 0.3 is 0 Å². The summed E-state index contributed by atoms with van der Waals surface area (Å²) in [6, 6.07) is 13.6. The molecular weight excluding hydrogens is 370 g/mol. The number of hydrogen-bond donors (Lipinski definition) is 1. The van der Waals surface area contributed by atoms with Crippen molar-refractivity contribution >= 4 is 34.6 Å². The zero-order valence-corrected chi connectivity index (χ0v) is 16.0. The molecule has 3 aromatic rings. The summed E-state index contributed by atoms with van der Waals surface area (Å²) >= 11 is 0. The predicted molar refractivity (Wildman–Crippen MR) is 109 cm³/mol. The molecule has 0 saturated carbocycles. The zero-order valence-electron chi connectivity index (χ0n) is 16.0. The van der Waals surface area contributed by atoms with Crippen molar-refractivity contribution in [2.45, 2.75) is 26.4 Å². The highest BCUT2D eigenvalue weighted by Crippen LogP contribution is 2.45. The lowest BCUT2D eigenvalue weighted by molar-refractivity contribution is -0.107. The molecule has 0 spiro atoms. The van der Waals surface area contributed by atoms with Gasteiger partial charge < -0.3 is 14.6 Å². The Morgan fingerprint density at radius 2 is 1.59 bits per heavy atom. The number of imide groups is 1. The summed E-state index contributed by atoms with van der Waals surface area (Å²) in [6.07, 6.45) is 0.809. The highest BCUT2D eigenvalue weighted by Gasteiger charge is 2.43. The van der Waals surface area contributed by atoms with Crippen molar-refractivity contribution in [2.24, 2.45) is 0 Å². The zero-order chi connectivity index (χ0) is 20.7. The van der Waals surface area contributed by atoms with Crippen LogP contribution < -0.4 is 9.64 Å². The van der Waals surface area contributed by atoms with Gasteiger partial charge in [-0.1, -0.05) is 36.4 Å². The van der Waals surface area contributed by atoms with Crippen LogP contribution >= 0.6 is 0 Å². The van der Waals surface area contributed by atoms with E-state index in [4.69, 9.17) is 4.74 Å². The summed E-state index contributed by atoms with van der Waals surface area (Å²) in [5, 5.41) is 11.8. The number of benzene rings is 3. The van der Waals surface area contributed by atoms with Crippen LogP contribution in [0.4, 0.5) is 5.69 Å². The van der Waals surface area contributed by atoms with Crippen molar-refractivity contribution in [3.63, 3.8) is 0 Å². The topological polar surface area (TPSA) is 83.9 Å². The number of aromatic hydroxyl groups is 1. The van der Waals surface area contributed by atoms with Gasteiger partial charge in [-0.2, -0.15) is 0 Å². The second-order valence-electron chi connectivity index (χ2n) is 7.12. The smallest absolute Gasteiger partial charge is 0.270 e. The standard InChI is InChI=1S/C23H19NO5/c1-13(2)29-21-17-6-4-3-5-16(17)20(26)18-19(21)23(28)24(22(18)27)15-9-7-14(8-10-15)11-12-25/h3-10,12-13,26H,11H2,1-2H3. The average molecular weight is 389 g/mol. The van der Waals surface area contributed by atoms with Crippen LogP contribution in [0.5, 0.6) is 11.5 Å². The molecule has 6 heteroatoms. The Hall–Kier alpha value is -3.67. The van der Waals surface area contributed by atoms with Crippen molar-refractivity contribution in [1.29, 1.82) is 0 Å². The van der Waals surface area contributed by atoms with Gasteiger partial charge in [0.15, 0.2) is 0 Å². The van der Waals surface area contributed by atoms with Crippen molar-refractivity contribution in [3.05, 3.63) is 65.2 Å². The molecule has 0 saturated heterocycles. The molecule has 4 rings (SSSR count). The number of ether oxygens (including phenoxy) is 1. The van der Waals surface area contributed by atoms with Gasteiger partial charge in [-0.05, 0) is 31.5 Å². The van der Waals surface area contributed by atoms with Crippen molar-refractivity contribution in [2.75, 3.05) is 4.90 Å². The molecule has 0 aromatic heterocycles. The van der Waals surface area contributed by atoms with Crippen LogP contribution in [0.2, 0.25) is 0 Å². The number of nitrogens with zero attached hydrogens (tertiary/aromatic N) is 1. The first-order valence-corrected chi connectivity index (χ1v) is 9.29. The summed E-state index contributed by atoms with van der Waals surface area (Å²) in [5.41, 5.74) is 1.15. The lowest BCUT2D eigenvalue weighted by atomic mass is 9.99. The minimum absolute atomic E-state index is 0.0543. The van der Waals surface area contributed by atoms with Gasteiger partial charge in [0.1, 0.15) is 17.8 Å². The molecular formula is C23H19NO5. The molecule has 6 nitrogen and oxygen atoms in total. The number of anilines is 1. The van der Waals surface area contributed by atoms with Crippen LogP contribution in [0.15, 0.2) is 48.5 Å². The lowest BCUT2D eigenvalue weighted by Crippen LogP contribution is -2.29. The van der Waals surface area contributed by atoms with Gasteiger partial charge in [0, 0.05) is 17.2 Å². The van der Waals surface area contributed by atoms with E-state index in [0.29, 0.717) is 22.2 Å². The summed E-state index contributed by atoms with van der Waals surface area (Å²) < 4.78 is 5.93. The maximum Gasteiger partial charge on any atom is 0.270 e. The minimum Gasteiger partial charge on any atom is -0.506 e. The molecule has 1 N–H and O–H groups in total. The summed E-state index contributed by atoms with van der Waals surface area (Å²) in [5.74, 6) is -1.10. The van der Waals surface area contributed by atoms with Crippen molar-refractivity contribution in [3.8, 4) is 11.5 Å². The maximum absolute atomic E-state index is 13.3. The van der Waals surface area contributed by atoms with E-state index >= 15 is 0 Å². The van der Waals surface area contributed by atoms with Crippen molar-refractivity contribution in [1.82, 2.24) is 0 Å². The fourth-order valence-electron chi connectivity index (χ4n) is 3.59. The number of phenolic OH excluding ortho intramolecular Hbond substituents is 1. The van der Waals surface area contributed by atoms with Crippen LogP contribution in [0.1, 0.15) is 40.1 Å². The monoisotopic (exact) mass is 389 g/mol. The SMILES string of the molecule is CC(C)Oc1c2c(c(O)c3ccccc13)C(=O)N(c1ccc(CC=O)cc1)C2=O. The first kappa shape index (κ1) is 18.7. The fourth-order valence-corrected chi connectivity index (χ4v) is 3.59. The number of rotatable bonds is 5. The lowest BCUT2D eigenvalue weighted by Gasteiger charge is -2.16. The Bertz CT molecular complexity index is 1150. The van der Waals surface area contributed by atoms with Gasteiger partial charge in [0.05, 0.1) is 22.9 Å². The molecule has 1 heterocycles. The number of fused-ring (bicyclic) bond motifs is 2. The Morgan fingerprint density at radius 3 is 2.21 bits per heavy atom. The molecule has 1 aliphatic heterocycles. The van der Waals surface area contributed by atoms with Gasteiger partial charge in [-0.15, -0.1) is 0 Å². The van der Waals surface area contributed by atoms with Gasteiger partial charge in [0.25, 0.3) is 11.8 Å². The predicted octanol–water partition coefficient (Wildman–Crippen LogP) is 3.87. The molecule has 0 bridgehead atoms. The number of carbonyl (C=O) groups is 3. The second kappa shape index (κ2) is 7.05. The summed E-state index contributed by atoms with van der Waals surface area (Å²) in [6.45, 7) is 3.66. The largest absolute Gasteiger partial charge is 0.506 e. The molecule has 1 aliphatic rings. The number of phenols is 1. The summed E-state index contributed by atoms with van der Waals surface area (Å²) in [4.78, 5) is 38.1. The number of aldehydes is 1. The molecule has 2 amide bonds. The molecule has 0 fully saturated rings. The van der Waals surface area contributed by atoms with E-state index in [1.807, 2.05) is 13.8 Å². The van der Waals surface area contributed by atoms with Crippen LogP contribution in [0.25, 0.3) is 10.8 Å². The Kier molecular flexibility index (Phi) is 4.54. The first-order chi connectivity index (χ1) is 13.9. The van der Waals surface area contributed by atoms with E-state index in [2.05, 4.69) is 0 Å². The highest BCUT2D eigenvalue weighted by atomic mass is 16.5. The quantitative estimate of drug-likeness (QED) is 0.529. The Labute approximate surface area is 167 Å². The minimum atomic E-state index is -0.606. The highest BCUT2D eigenvalue weighted by molar-refractivity contribution is 6.38. The first-order valence-electron chi connectivity index (χ1n) is 9.29. The number of hydrogen-bond acceptors (Lipinski definition) is 5. The van der Waals surface area contributed by atoms with E-state index in [-0.39, 0.29) is 29.4 Å². The summed E-state index contributed by atoms with van der Waals surface area (Å²) in [7, 11) is 0. The van der Waals surface area contributed by atoms with Crippen LogP contribution in [-0.2, 0) is 11.2 Å². The van der Waals surface area contributed by atoms with Crippen LogP contribution in [0.3, 0.4) is 0 Å². The Balaban J connectivity index is 1.91. The molecule has 146 valence electrons. The van der Waals surface area contributed by atoms with Gasteiger partial charge in [-0.25, -0.2) is 4.90 Å². The van der Waals surface area contributed by atoms with Crippen LogP contribution in [0, 0.1) is 0 Å². The second-order valence-corrected chi connectivity index (χ2v) is 7.12. The third-order valence-electron chi connectivity index (χ3n) is 4.84. The Morgan fingerprint density at radius 1 is 0.966 bits per heavy atom. The molecule has 0 radical (unpaired) electrons. The van der Waals surface area contributed by atoms with E-state index in [1.165, 1.54) is 0 Å². The number of amides is 2. The third kappa shape index (κ3) is 2.93. The normalized spacial score (nSPS) is 13.3. The third-order valence-corrected chi connectivity index (χ3v) is 4.84. The van der Waals surface area contributed by atoms with E-state index in [1.54, 1.807) is 48.5 Å².